The third kappa shape index (κ3) is 3.62. The smallest absolute Gasteiger partial charge is 0.251 e. The van der Waals surface area contributed by atoms with Crippen LogP contribution in [0.1, 0.15) is 53.1 Å². The predicted octanol–water partition coefficient (Wildman–Crippen LogP) is 4.48. The Hall–Kier alpha value is -3.66. The van der Waals surface area contributed by atoms with Crippen LogP contribution < -0.4 is 0 Å². The second kappa shape index (κ2) is 8.12. The minimum Gasteiger partial charge on any atom is -0.421 e. The number of ketones is 1. The van der Waals surface area contributed by atoms with Crippen molar-refractivity contribution >= 4 is 22.8 Å². The zero-order valence-corrected chi connectivity index (χ0v) is 18.7. The van der Waals surface area contributed by atoms with Gasteiger partial charge in [-0.3, -0.25) is 14.3 Å². The number of thiophene rings is 1. The van der Waals surface area contributed by atoms with Crippen LogP contribution in [-0.2, 0) is 6.42 Å². The Morgan fingerprint density at radius 1 is 1.28 bits per heavy atom. The zero-order chi connectivity index (χ0) is 22.2. The average Bonchev–Trinajstić information content (AvgIpc) is 3.59. The number of carbonyl (C=O) groups excluding carboxylic acids is 1. The molecule has 0 saturated heterocycles. The number of aromatic amines is 1. The number of Topliss-reactive ketones (excluding diaryl/α,β-unsaturated/α-hetero) is 1. The molecule has 0 radical (unpaired) electrons. The van der Waals surface area contributed by atoms with Crippen molar-refractivity contribution < 1.29 is 9.21 Å². The lowest BCUT2D eigenvalue weighted by Crippen LogP contribution is -2.08. The summed E-state index contributed by atoms with van der Waals surface area (Å²) in [5.41, 5.74) is 2.75. The fraction of sp³-hybridized carbons (Fsp3) is 0.273. The van der Waals surface area contributed by atoms with E-state index < -0.39 is 0 Å². The van der Waals surface area contributed by atoms with Crippen molar-refractivity contribution in [3.63, 3.8) is 0 Å². The van der Waals surface area contributed by atoms with E-state index in [1.54, 1.807) is 17.4 Å². The first-order chi connectivity index (χ1) is 15.5. The second-order valence-electron chi connectivity index (χ2n) is 7.64. The fourth-order valence-electron chi connectivity index (χ4n) is 3.60. The molecule has 0 aliphatic rings. The Labute approximate surface area is 187 Å². The second-order valence-corrected chi connectivity index (χ2v) is 8.93. The molecule has 5 aromatic rings. The molecule has 5 aromatic heterocycles. The van der Waals surface area contributed by atoms with Gasteiger partial charge in [0.25, 0.3) is 5.89 Å². The molecule has 0 amide bonds. The first-order valence-electron chi connectivity index (χ1n) is 10.3. The van der Waals surface area contributed by atoms with Crippen LogP contribution in [0.3, 0.4) is 0 Å². The lowest BCUT2D eigenvalue weighted by Gasteiger charge is -2.10. The van der Waals surface area contributed by atoms with Crippen molar-refractivity contribution in [3.05, 3.63) is 59.1 Å². The van der Waals surface area contributed by atoms with Crippen molar-refractivity contribution in [3.8, 4) is 22.0 Å². The maximum absolute atomic E-state index is 13.3. The maximum Gasteiger partial charge on any atom is 0.251 e. The molecule has 0 saturated carbocycles. The van der Waals surface area contributed by atoms with Gasteiger partial charge >= 0.3 is 0 Å². The van der Waals surface area contributed by atoms with Crippen LogP contribution >= 0.6 is 11.3 Å². The summed E-state index contributed by atoms with van der Waals surface area (Å²) in [6, 6.07) is 5.92. The van der Waals surface area contributed by atoms with Crippen molar-refractivity contribution in [1.82, 2.24) is 34.8 Å². The molecule has 0 fully saturated rings. The highest BCUT2D eigenvalue weighted by molar-refractivity contribution is 7.15. The van der Waals surface area contributed by atoms with E-state index in [9.17, 15) is 4.79 Å². The summed E-state index contributed by atoms with van der Waals surface area (Å²) in [6.45, 7) is 5.96. The van der Waals surface area contributed by atoms with Crippen molar-refractivity contribution in [2.24, 2.45) is 0 Å². The van der Waals surface area contributed by atoms with Crippen LogP contribution in [-0.4, -0.2) is 40.5 Å². The van der Waals surface area contributed by atoms with Gasteiger partial charge in [-0.05, 0) is 25.1 Å². The maximum atomic E-state index is 13.3. The number of fused-ring (bicyclic) bond motifs is 1. The summed E-state index contributed by atoms with van der Waals surface area (Å²) >= 11 is 1.68. The minimum atomic E-state index is -0.0959. The summed E-state index contributed by atoms with van der Waals surface area (Å²) in [6.07, 6.45) is 6.01. The van der Waals surface area contributed by atoms with Crippen LogP contribution in [0.4, 0.5) is 0 Å². The number of nitrogens with one attached hydrogen (secondary N) is 1. The number of nitrogens with zero attached hydrogens (tertiary/aromatic N) is 6. The Bertz CT molecular complexity index is 1400. The Morgan fingerprint density at radius 2 is 2.16 bits per heavy atom. The first-order valence-corrected chi connectivity index (χ1v) is 11.1. The molecule has 5 heterocycles. The third-order valence-corrected chi connectivity index (χ3v) is 6.34. The molecular weight excluding hydrogens is 426 g/mol. The number of rotatable bonds is 7. The van der Waals surface area contributed by atoms with Gasteiger partial charge in [0.1, 0.15) is 17.8 Å². The molecule has 0 spiro atoms. The monoisotopic (exact) mass is 447 g/mol. The van der Waals surface area contributed by atoms with Gasteiger partial charge in [0, 0.05) is 35.4 Å². The molecule has 0 aliphatic heterocycles. The van der Waals surface area contributed by atoms with E-state index in [0.29, 0.717) is 40.8 Å². The van der Waals surface area contributed by atoms with Crippen LogP contribution in [0.2, 0.25) is 0 Å². The van der Waals surface area contributed by atoms with Crippen molar-refractivity contribution in [2.45, 2.75) is 39.5 Å². The molecule has 0 aromatic carbocycles. The molecular formula is C22H21N7O2S. The Balaban J connectivity index is 1.62. The zero-order valence-electron chi connectivity index (χ0n) is 17.9. The molecule has 1 unspecified atom stereocenters. The summed E-state index contributed by atoms with van der Waals surface area (Å²) in [4.78, 5) is 24.3. The highest BCUT2D eigenvalue weighted by Gasteiger charge is 2.22. The number of hydrogen-bond acceptors (Lipinski definition) is 8. The molecule has 10 heteroatoms. The molecule has 1 N–H and O–H groups in total. The molecule has 162 valence electrons. The fourth-order valence-corrected chi connectivity index (χ4v) is 4.48. The first kappa shape index (κ1) is 20.3. The third-order valence-electron chi connectivity index (χ3n) is 5.31. The van der Waals surface area contributed by atoms with E-state index in [4.69, 9.17) is 4.42 Å². The highest BCUT2D eigenvalue weighted by atomic mass is 32.1. The van der Waals surface area contributed by atoms with Gasteiger partial charge in [0.05, 0.1) is 22.3 Å². The van der Waals surface area contributed by atoms with E-state index in [-0.39, 0.29) is 18.1 Å². The molecule has 0 bridgehead atoms. The molecule has 5 rings (SSSR count). The summed E-state index contributed by atoms with van der Waals surface area (Å²) < 4.78 is 7.75. The topological polar surface area (TPSA) is 115 Å². The van der Waals surface area contributed by atoms with Gasteiger partial charge in [-0.15, -0.1) is 21.5 Å². The van der Waals surface area contributed by atoms with Crippen LogP contribution in [0.15, 0.2) is 41.3 Å². The van der Waals surface area contributed by atoms with Gasteiger partial charge < -0.3 is 4.42 Å². The van der Waals surface area contributed by atoms with Crippen molar-refractivity contribution in [2.75, 3.05) is 0 Å². The van der Waals surface area contributed by atoms with E-state index in [2.05, 4.69) is 49.4 Å². The number of carbonyl (C=O) groups is 1. The van der Waals surface area contributed by atoms with Gasteiger partial charge in [-0.1, -0.05) is 13.8 Å². The van der Waals surface area contributed by atoms with Crippen LogP contribution in [0.5, 0.6) is 0 Å². The molecule has 1 atom stereocenters. The van der Waals surface area contributed by atoms with E-state index >= 15 is 0 Å². The lowest BCUT2D eigenvalue weighted by molar-refractivity contribution is 0.0974. The number of pyridine rings is 1. The standard InChI is InChI=1S/C22H21N7O2S/c1-4-19-26-28-22(31-19)15-8-14(17(30)7-12(2)20-24-11-25-27-20)10-29-16(9-23-21(15)29)18-6-5-13(3)32-18/h5-6,8-12H,4,7H2,1-3H3,(H,24,25,27). The van der Waals surface area contributed by atoms with Gasteiger partial charge in [-0.25, -0.2) is 9.97 Å². The number of aryl methyl sites for hydroxylation is 2. The summed E-state index contributed by atoms with van der Waals surface area (Å²) in [7, 11) is 0. The number of hydrogen-bond donors (Lipinski definition) is 1. The van der Waals surface area contributed by atoms with Crippen molar-refractivity contribution in [1.29, 1.82) is 0 Å². The lowest BCUT2D eigenvalue weighted by atomic mass is 9.99. The number of imidazole rings is 1. The van der Waals surface area contributed by atoms with Gasteiger partial charge in [-0.2, -0.15) is 5.10 Å². The Morgan fingerprint density at radius 3 is 2.84 bits per heavy atom. The van der Waals surface area contributed by atoms with E-state index in [1.165, 1.54) is 11.2 Å². The Kier molecular flexibility index (Phi) is 5.14. The van der Waals surface area contributed by atoms with Crippen LogP contribution in [0.25, 0.3) is 27.7 Å². The minimum absolute atomic E-state index is 0.0192. The quantitative estimate of drug-likeness (QED) is 0.366. The summed E-state index contributed by atoms with van der Waals surface area (Å²) in [5, 5.41) is 15.0. The van der Waals surface area contributed by atoms with E-state index in [1.807, 2.05) is 30.6 Å². The summed E-state index contributed by atoms with van der Waals surface area (Å²) in [5.74, 6) is 1.45. The van der Waals surface area contributed by atoms with E-state index in [0.717, 1.165) is 10.6 Å². The van der Waals surface area contributed by atoms with Gasteiger partial charge in [0.2, 0.25) is 5.89 Å². The SMILES string of the molecule is CCc1nnc(-c2cc(C(=O)CC(C)c3ncn[nH]3)cn3c(-c4ccc(C)s4)cnc23)o1. The molecule has 0 aliphatic carbocycles. The van der Waals surface area contributed by atoms with Crippen LogP contribution in [0, 0.1) is 6.92 Å². The largest absolute Gasteiger partial charge is 0.421 e. The normalized spacial score (nSPS) is 12.5. The highest BCUT2D eigenvalue weighted by Crippen LogP contribution is 2.33. The molecule has 9 nitrogen and oxygen atoms in total. The molecule has 32 heavy (non-hydrogen) atoms. The predicted molar refractivity (Wildman–Crippen MR) is 120 cm³/mol. The number of aromatic nitrogens is 7. The van der Waals surface area contributed by atoms with Gasteiger partial charge in [0.15, 0.2) is 5.78 Å². The number of H-pyrrole nitrogens is 1. The average molecular weight is 448 g/mol.